The summed E-state index contributed by atoms with van der Waals surface area (Å²) in [7, 11) is 2.03. The SMILES string of the molecule is CCN1C[C@H](CN(C)Cc2nc(-c3ccccc3Cl)no2)Oc2ccccc21. The van der Waals surface area contributed by atoms with E-state index in [2.05, 4.69) is 32.9 Å². The van der Waals surface area contributed by atoms with Crippen LogP contribution in [0.5, 0.6) is 5.75 Å². The number of aromatic nitrogens is 2. The summed E-state index contributed by atoms with van der Waals surface area (Å²) >= 11 is 6.22. The number of likely N-dealkylation sites (N-methyl/N-ethyl adjacent to an activating group) is 2. The monoisotopic (exact) mass is 398 g/mol. The van der Waals surface area contributed by atoms with Gasteiger partial charge in [-0.25, -0.2) is 0 Å². The number of fused-ring (bicyclic) bond motifs is 1. The van der Waals surface area contributed by atoms with Gasteiger partial charge in [-0.1, -0.05) is 41.0 Å². The number of halogens is 1. The van der Waals surface area contributed by atoms with E-state index in [0.717, 1.165) is 36.6 Å². The molecule has 0 spiro atoms. The first-order chi connectivity index (χ1) is 13.6. The molecule has 1 atom stereocenters. The Labute approximate surface area is 169 Å². The maximum atomic E-state index is 6.22. The van der Waals surface area contributed by atoms with Gasteiger partial charge in [0.2, 0.25) is 11.7 Å². The average molecular weight is 399 g/mol. The number of hydrogen-bond acceptors (Lipinski definition) is 6. The third kappa shape index (κ3) is 3.98. The summed E-state index contributed by atoms with van der Waals surface area (Å²) in [6.45, 7) is 5.27. The number of rotatable bonds is 6. The van der Waals surface area contributed by atoms with Crippen molar-refractivity contribution < 1.29 is 9.26 Å². The van der Waals surface area contributed by atoms with Gasteiger partial charge in [0.1, 0.15) is 11.9 Å². The van der Waals surface area contributed by atoms with Crippen LogP contribution in [0.4, 0.5) is 5.69 Å². The lowest BCUT2D eigenvalue weighted by molar-refractivity contribution is 0.133. The van der Waals surface area contributed by atoms with Gasteiger partial charge in [-0.05, 0) is 38.2 Å². The Morgan fingerprint density at radius 3 is 2.79 bits per heavy atom. The third-order valence-corrected chi connectivity index (χ3v) is 5.14. The van der Waals surface area contributed by atoms with Crippen molar-refractivity contribution >= 4 is 17.3 Å². The Morgan fingerprint density at radius 2 is 1.96 bits per heavy atom. The van der Waals surface area contributed by atoms with Crippen molar-refractivity contribution in [3.63, 3.8) is 0 Å². The van der Waals surface area contributed by atoms with E-state index in [0.29, 0.717) is 23.3 Å². The molecule has 1 aliphatic rings. The van der Waals surface area contributed by atoms with E-state index in [9.17, 15) is 0 Å². The lowest BCUT2D eigenvalue weighted by atomic mass is 10.2. The van der Waals surface area contributed by atoms with Gasteiger partial charge in [0.05, 0.1) is 23.8 Å². The standard InChI is InChI=1S/C21H23ClN4O2/c1-3-26-13-15(27-19-11-7-6-10-18(19)26)12-25(2)14-20-23-21(24-28-20)16-8-4-5-9-17(16)22/h4-11,15H,3,12-14H2,1-2H3/t15-/m0/s1. The molecule has 0 unspecified atom stereocenters. The van der Waals surface area contributed by atoms with Crippen molar-refractivity contribution in [2.45, 2.75) is 19.6 Å². The molecule has 1 aliphatic heterocycles. The molecule has 0 N–H and O–H groups in total. The predicted molar refractivity (Wildman–Crippen MR) is 110 cm³/mol. The second-order valence-electron chi connectivity index (χ2n) is 6.93. The van der Waals surface area contributed by atoms with Crippen LogP contribution in [0.1, 0.15) is 12.8 Å². The Balaban J connectivity index is 1.40. The van der Waals surface area contributed by atoms with E-state index in [4.69, 9.17) is 20.9 Å². The highest BCUT2D eigenvalue weighted by molar-refractivity contribution is 6.33. The number of nitrogens with zero attached hydrogens (tertiary/aromatic N) is 4. The smallest absolute Gasteiger partial charge is 0.241 e. The molecule has 1 aromatic heterocycles. The number of para-hydroxylation sites is 2. The fourth-order valence-electron chi connectivity index (χ4n) is 3.49. The van der Waals surface area contributed by atoms with Crippen LogP contribution in [0.15, 0.2) is 53.1 Å². The molecule has 2 heterocycles. The number of hydrogen-bond donors (Lipinski definition) is 0. The van der Waals surface area contributed by atoms with Gasteiger partial charge in [-0.2, -0.15) is 4.98 Å². The van der Waals surface area contributed by atoms with Crippen LogP contribution in [-0.2, 0) is 6.54 Å². The lowest BCUT2D eigenvalue weighted by Gasteiger charge is -2.37. The average Bonchev–Trinajstić information content (AvgIpc) is 3.15. The predicted octanol–water partition coefficient (Wildman–Crippen LogP) is 4.11. The van der Waals surface area contributed by atoms with Crippen LogP contribution in [-0.4, -0.2) is 47.8 Å². The molecule has 0 amide bonds. The van der Waals surface area contributed by atoms with Gasteiger partial charge < -0.3 is 14.2 Å². The molecule has 0 fully saturated rings. The van der Waals surface area contributed by atoms with Crippen LogP contribution in [0.3, 0.4) is 0 Å². The maximum Gasteiger partial charge on any atom is 0.241 e. The molecular weight excluding hydrogens is 376 g/mol. The van der Waals surface area contributed by atoms with E-state index < -0.39 is 0 Å². The minimum Gasteiger partial charge on any atom is -0.485 e. The van der Waals surface area contributed by atoms with Gasteiger partial charge in [-0.15, -0.1) is 0 Å². The molecule has 28 heavy (non-hydrogen) atoms. The number of anilines is 1. The van der Waals surface area contributed by atoms with Crippen molar-refractivity contribution in [2.75, 3.05) is 31.6 Å². The molecule has 0 saturated carbocycles. The van der Waals surface area contributed by atoms with Gasteiger partial charge in [0, 0.05) is 18.7 Å². The van der Waals surface area contributed by atoms with Crippen LogP contribution in [0.2, 0.25) is 5.02 Å². The van der Waals surface area contributed by atoms with Crippen molar-refractivity contribution in [1.82, 2.24) is 15.0 Å². The highest BCUT2D eigenvalue weighted by Crippen LogP contribution is 2.33. The fraction of sp³-hybridized carbons (Fsp3) is 0.333. The topological polar surface area (TPSA) is 54.6 Å². The van der Waals surface area contributed by atoms with Gasteiger partial charge in [-0.3, -0.25) is 4.90 Å². The van der Waals surface area contributed by atoms with Crippen molar-refractivity contribution in [3.8, 4) is 17.1 Å². The Bertz CT molecular complexity index is 945. The number of benzene rings is 2. The minimum atomic E-state index is 0.0748. The molecule has 7 heteroatoms. The fourth-order valence-corrected chi connectivity index (χ4v) is 3.71. The lowest BCUT2D eigenvalue weighted by Crippen LogP contribution is -2.45. The quantitative estimate of drug-likeness (QED) is 0.622. The third-order valence-electron chi connectivity index (χ3n) is 4.81. The second kappa shape index (κ2) is 8.20. The zero-order valence-corrected chi connectivity index (χ0v) is 16.8. The van der Waals surface area contributed by atoms with Crippen LogP contribution in [0.25, 0.3) is 11.4 Å². The van der Waals surface area contributed by atoms with Crippen LogP contribution >= 0.6 is 11.6 Å². The molecule has 4 rings (SSSR count). The highest BCUT2D eigenvalue weighted by Gasteiger charge is 2.26. The maximum absolute atomic E-state index is 6.22. The molecule has 6 nitrogen and oxygen atoms in total. The minimum absolute atomic E-state index is 0.0748. The molecule has 3 aromatic rings. The zero-order chi connectivity index (χ0) is 19.5. The Morgan fingerprint density at radius 1 is 1.18 bits per heavy atom. The first kappa shape index (κ1) is 18.8. The summed E-state index contributed by atoms with van der Waals surface area (Å²) in [6.07, 6.45) is 0.0748. The van der Waals surface area contributed by atoms with E-state index in [-0.39, 0.29) is 6.10 Å². The molecule has 146 valence electrons. The Hall–Kier alpha value is -2.57. The van der Waals surface area contributed by atoms with Crippen molar-refractivity contribution in [1.29, 1.82) is 0 Å². The summed E-state index contributed by atoms with van der Waals surface area (Å²) in [6, 6.07) is 15.7. The summed E-state index contributed by atoms with van der Waals surface area (Å²) in [5.74, 6) is 2.00. The summed E-state index contributed by atoms with van der Waals surface area (Å²) in [5, 5.41) is 4.67. The van der Waals surface area contributed by atoms with E-state index in [1.165, 1.54) is 0 Å². The molecule has 0 radical (unpaired) electrons. The van der Waals surface area contributed by atoms with E-state index in [1.807, 2.05) is 49.5 Å². The Kier molecular flexibility index (Phi) is 5.50. The molecule has 0 aliphatic carbocycles. The van der Waals surface area contributed by atoms with Crippen LogP contribution in [0, 0.1) is 0 Å². The number of ether oxygens (including phenoxy) is 1. The van der Waals surface area contributed by atoms with Crippen LogP contribution < -0.4 is 9.64 Å². The summed E-state index contributed by atoms with van der Waals surface area (Å²) in [5.41, 5.74) is 1.93. The first-order valence-electron chi connectivity index (χ1n) is 9.40. The zero-order valence-electron chi connectivity index (χ0n) is 16.0. The van der Waals surface area contributed by atoms with Crippen molar-refractivity contribution in [2.24, 2.45) is 0 Å². The van der Waals surface area contributed by atoms with Crippen molar-refractivity contribution in [3.05, 3.63) is 59.4 Å². The van der Waals surface area contributed by atoms with E-state index in [1.54, 1.807) is 0 Å². The van der Waals surface area contributed by atoms with Gasteiger partial charge >= 0.3 is 0 Å². The summed E-state index contributed by atoms with van der Waals surface area (Å²) < 4.78 is 11.6. The normalized spacial score (nSPS) is 16.1. The molecule has 0 saturated heterocycles. The van der Waals surface area contributed by atoms with E-state index >= 15 is 0 Å². The largest absolute Gasteiger partial charge is 0.485 e. The molecule has 2 aromatic carbocycles. The summed E-state index contributed by atoms with van der Waals surface area (Å²) in [4.78, 5) is 8.97. The van der Waals surface area contributed by atoms with Gasteiger partial charge in [0.25, 0.3) is 0 Å². The highest BCUT2D eigenvalue weighted by atomic mass is 35.5. The van der Waals surface area contributed by atoms with Gasteiger partial charge in [0.15, 0.2) is 0 Å². The second-order valence-corrected chi connectivity index (χ2v) is 7.34. The molecule has 0 bridgehead atoms. The molecular formula is C21H23ClN4O2. The first-order valence-corrected chi connectivity index (χ1v) is 9.78.